The second-order valence-corrected chi connectivity index (χ2v) is 4.17. The molecule has 0 saturated heterocycles. The second-order valence-electron chi connectivity index (χ2n) is 4.17. The average molecular weight is 238 g/mol. The molecule has 0 fully saturated rings. The number of rotatable bonds is 1. The highest BCUT2D eigenvalue weighted by Crippen LogP contribution is 2.31. The first-order chi connectivity index (χ1) is 8.61. The van der Waals surface area contributed by atoms with Gasteiger partial charge in [0.15, 0.2) is 11.6 Å². The van der Waals surface area contributed by atoms with Crippen molar-refractivity contribution in [3.05, 3.63) is 70.8 Å². The monoisotopic (exact) mass is 238 g/mol. The molecule has 1 aromatic carbocycles. The van der Waals surface area contributed by atoms with Gasteiger partial charge >= 0.3 is 0 Å². The van der Waals surface area contributed by atoms with Gasteiger partial charge in [0.1, 0.15) is 0 Å². The lowest BCUT2D eigenvalue weighted by molar-refractivity contribution is 0.0972. The van der Waals surface area contributed by atoms with Crippen molar-refractivity contribution < 1.29 is 9.59 Å². The van der Waals surface area contributed by atoms with Crippen molar-refractivity contribution in [1.29, 1.82) is 0 Å². The minimum atomic E-state index is -0.101. The molecule has 0 amide bonds. The molecule has 1 aliphatic rings. The fourth-order valence-corrected chi connectivity index (χ4v) is 2.16. The van der Waals surface area contributed by atoms with Crippen LogP contribution < -0.4 is 0 Å². The zero-order valence-corrected chi connectivity index (χ0v) is 10.5. The van der Waals surface area contributed by atoms with E-state index in [0.717, 1.165) is 5.57 Å². The van der Waals surface area contributed by atoms with E-state index in [1.165, 1.54) is 0 Å². The summed E-state index contributed by atoms with van der Waals surface area (Å²) in [4.78, 5) is 24.8. The summed E-state index contributed by atoms with van der Waals surface area (Å²) in [6.07, 6.45) is 3.30. The lowest BCUT2D eigenvalue weighted by Crippen LogP contribution is -2.23. The van der Waals surface area contributed by atoms with E-state index in [1.807, 2.05) is 0 Å². The van der Waals surface area contributed by atoms with Crippen LogP contribution in [0.25, 0.3) is 0 Å². The van der Waals surface area contributed by atoms with Crippen LogP contribution in [0.2, 0.25) is 0 Å². The predicted octanol–water partition coefficient (Wildman–Crippen LogP) is 3.51. The maximum atomic E-state index is 12.4. The SMILES string of the molecule is C=C/C(C)=C1/C(=O)c2ccccc2C(=O)/C1=C/C. The normalized spacial score (nSPS) is 19.8. The molecule has 18 heavy (non-hydrogen) atoms. The third-order valence-corrected chi connectivity index (χ3v) is 3.15. The van der Waals surface area contributed by atoms with Crippen molar-refractivity contribution >= 4 is 11.6 Å². The molecular weight excluding hydrogens is 224 g/mol. The Bertz CT molecular complexity index is 616. The van der Waals surface area contributed by atoms with Crippen LogP contribution in [0.5, 0.6) is 0 Å². The lowest BCUT2D eigenvalue weighted by atomic mass is 9.80. The molecule has 0 saturated carbocycles. The van der Waals surface area contributed by atoms with E-state index in [-0.39, 0.29) is 11.6 Å². The second kappa shape index (κ2) is 4.57. The van der Waals surface area contributed by atoms with Gasteiger partial charge in [0.2, 0.25) is 0 Å². The topological polar surface area (TPSA) is 34.1 Å². The fourth-order valence-electron chi connectivity index (χ4n) is 2.16. The summed E-state index contributed by atoms with van der Waals surface area (Å²) in [6, 6.07) is 6.93. The summed E-state index contributed by atoms with van der Waals surface area (Å²) in [5.41, 5.74) is 2.63. The van der Waals surface area contributed by atoms with Crippen molar-refractivity contribution in [1.82, 2.24) is 0 Å². The Kier molecular flexibility index (Phi) is 3.11. The highest BCUT2D eigenvalue weighted by atomic mass is 16.1. The van der Waals surface area contributed by atoms with Gasteiger partial charge in [-0.1, -0.05) is 43.0 Å². The summed E-state index contributed by atoms with van der Waals surface area (Å²) in [6.45, 7) is 7.24. The van der Waals surface area contributed by atoms with Crippen molar-refractivity contribution in [3.63, 3.8) is 0 Å². The number of carbonyl (C=O) groups excluding carboxylic acids is 2. The molecule has 0 radical (unpaired) electrons. The van der Waals surface area contributed by atoms with E-state index < -0.39 is 0 Å². The van der Waals surface area contributed by atoms with Crippen molar-refractivity contribution in [2.24, 2.45) is 0 Å². The first kappa shape index (κ1) is 12.2. The number of ketones is 2. The zero-order chi connectivity index (χ0) is 13.3. The average Bonchev–Trinajstić information content (AvgIpc) is 2.41. The molecular formula is C16H14O2. The number of hydrogen-bond acceptors (Lipinski definition) is 2. The molecule has 2 heteroatoms. The number of benzene rings is 1. The number of allylic oxidation sites excluding steroid dienone is 5. The molecule has 2 rings (SSSR count). The lowest BCUT2D eigenvalue weighted by Gasteiger charge is -2.20. The van der Waals surface area contributed by atoms with Crippen LogP contribution in [-0.2, 0) is 0 Å². The smallest absolute Gasteiger partial charge is 0.194 e. The Labute approximate surface area is 106 Å². The van der Waals surface area contributed by atoms with Crippen LogP contribution in [0, 0.1) is 0 Å². The molecule has 0 N–H and O–H groups in total. The Morgan fingerprint density at radius 1 is 1.11 bits per heavy atom. The third kappa shape index (κ3) is 1.66. The van der Waals surface area contributed by atoms with Crippen LogP contribution >= 0.6 is 0 Å². The summed E-state index contributed by atoms with van der Waals surface area (Å²) in [5, 5.41) is 0. The van der Waals surface area contributed by atoms with Crippen LogP contribution in [0.15, 0.2) is 59.7 Å². The summed E-state index contributed by atoms with van der Waals surface area (Å²) in [7, 11) is 0. The van der Waals surface area contributed by atoms with Crippen molar-refractivity contribution in [3.8, 4) is 0 Å². The van der Waals surface area contributed by atoms with E-state index in [0.29, 0.717) is 22.3 Å². The van der Waals surface area contributed by atoms with Crippen molar-refractivity contribution in [2.75, 3.05) is 0 Å². The van der Waals surface area contributed by atoms with Crippen molar-refractivity contribution in [2.45, 2.75) is 13.8 Å². The first-order valence-electron chi connectivity index (χ1n) is 5.80. The molecule has 1 aliphatic carbocycles. The molecule has 0 aromatic heterocycles. The molecule has 0 spiro atoms. The van der Waals surface area contributed by atoms with Crippen LogP contribution in [0.4, 0.5) is 0 Å². The fraction of sp³-hybridized carbons (Fsp3) is 0.125. The number of fused-ring (bicyclic) bond motifs is 1. The van der Waals surface area contributed by atoms with Gasteiger partial charge in [-0.3, -0.25) is 9.59 Å². The Hall–Kier alpha value is -2.22. The van der Waals surface area contributed by atoms with Gasteiger partial charge in [-0.15, -0.1) is 0 Å². The highest BCUT2D eigenvalue weighted by Gasteiger charge is 2.32. The zero-order valence-electron chi connectivity index (χ0n) is 10.5. The molecule has 0 aliphatic heterocycles. The van der Waals surface area contributed by atoms with Gasteiger partial charge in [0, 0.05) is 22.3 Å². The quantitative estimate of drug-likeness (QED) is 0.701. The Balaban J connectivity index is 2.80. The Morgan fingerprint density at radius 2 is 1.67 bits per heavy atom. The number of carbonyl (C=O) groups is 2. The van der Waals surface area contributed by atoms with E-state index in [4.69, 9.17) is 0 Å². The van der Waals surface area contributed by atoms with Crippen LogP contribution in [-0.4, -0.2) is 11.6 Å². The van der Waals surface area contributed by atoms with Crippen LogP contribution in [0.3, 0.4) is 0 Å². The summed E-state index contributed by atoms with van der Waals surface area (Å²) in [5.74, 6) is -0.195. The van der Waals surface area contributed by atoms with Gasteiger partial charge in [-0.05, 0) is 19.4 Å². The van der Waals surface area contributed by atoms with E-state index in [9.17, 15) is 9.59 Å². The van der Waals surface area contributed by atoms with Gasteiger partial charge < -0.3 is 0 Å². The minimum Gasteiger partial charge on any atom is -0.289 e. The van der Waals surface area contributed by atoms with Gasteiger partial charge in [-0.25, -0.2) is 0 Å². The minimum absolute atomic E-state index is 0.0936. The maximum Gasteiger partial charge on any atom is 0.194 e. The maximum absolute atomic E-state index is 12.4. The van der Waals surface area contributed by atoms with E-state index in [2.05, 4.69) is 6.58 Å². The molecule has 1 aromatic rings. The largest absolute Gasteiger partial charge is 0.289 e. The van der Waals surface area contributed by atoms with E-state index >= 15 is 0 Å². The first-order valence-corrected chi connectivity index (χ1v) is 5.80. The molecule has 2 nitrogen and oxygen atoms in total. The number of hydrogen-bond donors (Lipinski definition) is 0. The molecule has 0 heterocycles. The molecule has 0 bridgehead atoms. The molecule has 0 unspecified atom stereocenters. The predicted molar refractivity (Wildman–Crippen MR) is 71.8 cm³/mol. The van der Waals surface area contributed by atoms with Crippen LogP contribution in [0.1, 0.15) is 34.6 Å². The molecule has 90 valence electrons. The van der Waals surface area contributed by atoms with E-state index in [1.54, 1.807) is 50.3 Å². The third-order valence-electron chi connectivity index (χ3n) is 3.15. The Morgan fingerprint density at radius 3 is 2.17 bits per heavy atom. The van der Waals surface area contributed by atoms with Gasteiger partial charge in [0.25, 0.3) is 0 Å². The summed E-state index contributed by atoms with van der Waals surface area (Å²) >= 11 is 0. The van der Waals surface area contributed by atoms with Gasteiger partial charge in [-0.2, -0.15) is 0 Å². The molecule has 0 atom stereocenters. The summed E-state index contributed by atoms with van der Waals surface area (Å²) < 4.78 is 0. The highest BCUT2D eigenvalue weighted by molar-refractivity contribution is 6.31. The van der Waals surface area contributed by atoms with Gasteiger partial charge in [0.05, 0.1) is 0 Å². The number of Topliss-reactive ketones (excluding diaryl/α,β-unsaturated/α-hetero) is 2. The standard InChI is InChI=1S/C16H14O2/c1-4-10(3)14-11(5-2)15(17)12-8-6-7-9-13(12)16(14)18/h4-9H,1H2,2-3H3/b11-5+,14-10+.